The van der Waals surface area contributed by atoms with E-state index < -0.39 is 0 Å². The van der Waals surface area contributed by atoms with E-state index in [1.54, 1.807) is 0 Å². The Labute approximate surface area is 342 Å². The van der Waals surface area contributed by atoms with Crippen LogP contribution in [-0.2, 0) is 0 Å². The van der Waals surface area contributed by atoms with Crippen molar-refractivity contribution in [2.45, 2.75) is 0 Å². The van der Waals surface area contributed by atoms with Crippen LogP contribution in [0, 0.1) is 0 Å². The van der Waals surface area contributed by atoms with Crippen LogP contribution >= 0.6 is 11.3 Å². The number of thiophene rings is 1. The summed E-state index contributed by atoms with van der Waals surface area (Å²) in [5.74, 6) is 0. The van der Waals surface area contributed by atoms with Crippen molar-refractivity contribution in [1.29, 1.82) is 0 Å². The van der Waals surface area contributed by atoms with Crippen molar-refractivity contribution in [2.24, 2.45) is 0 Å². The summed E-state index contributed by atoms with van der Waals surface area (Å²) in [5.41, 5.74) is 13.0. The fourth-order valence-electron chi connectivity index (χ4n) is 8.74. The molecule has 0 unspecified atom stereocenters. The van der Waals surface area contributed by atoms with Gasteiger partial charge in [0.2, 0.25) is 0 Å². The predicted octanol–water partition coefficient (Wildman–Crippen LogP) is 16.5. The first-order valence-corrected chi connectivity index (χ1v) is 20.7. The number of benzene rings is 10. The van der Waals surface area contributed by atoms with E-state index in [4.69, 9.17) is 0 Å². The van der Waals surface area contributed by atoms with Gasteiger partial charge in [-0.2, -0.15) is 0 Å². The van der Waals surface area contributed by atoms with Gasteiger partial charge in [0.05, 0.1) is 11.4 Å². The Bertz CT molecular complexity index is 3270. The van der Waals surface area contributed by atoms with E-state index in [0.717, 1.165) is 17.1 Å². The molecule has 0 saturated heterocycles. The predicted molar refractivity (Wildman–Crippen MR) is 251 cm³/mol. The minimum atomic E-state index is 1.10. The molecule has 11 aromatic rings. The number of anilines is 3. The number of hydrogen-bond donors (Lipinski definition) is 0. The van der Waals surface area contributed by atoms with Crippen molar-refractivity contribution >= 4 is 70.1 Å². The molecule has 0 bridgehead atoms. The highest BCUT2D eigenvalue weighted by Gasteiger charge is 2.22. The lowest BCUT2D eigenvalue weighted by Gasteiger charge is -2.30. The summed E-state index contributed by atoms with van der Waals surface area (Å²) in [7, 11) is 0. The van der Waals surface area contributed by atoms with Crippen LogP contribution in [0.5, 0.6) is 0 Å². The van der Waals surface area contributed by atoms with Gasteiger partial charge >= 0.3 is 0 Å². The second-order valence-corrected chi connectivity index (χ2v) is 15.9. The van der Waals surface area contributed by atoms with Gasteiger partial charge in [-0.15, -0.1) is 11.3 Å². The third-order valence-corrected chi connectivity index (χ3v) is 12.7. The molecule has 1 aromatic heterocycles. The molecule has 10 aromatic carbocycles. The third-order valence-electron chi connectivity index (χ3n) is 11.5. The number of hydrogen-bond acceptors (Lipinski definition) is 2. The van der Waals surface area contributed by atoms with E-state index in [1.807, 2.05) is 11.3 Å². The van der Waals surface area contributed by atoms with Crippen LogP contribution in [0.1, 0.15) is 0 Å². The molecule has 58 heavy (non-hydrogen) atoms. The summed E-state index contributed by atoms with van der Waals surface area (Å²) in [6, 6.07) is 81.9. The van der Waals surface area contributed by atoms with E-state index in [2.05, 4.69) is 229 Å². The Hall–Kier alpha value is -7.26. The van der Waals surface area contributed by atoms with E-state index in [9.17, 15) is 0 Å². The molecule has 0 fully saturated rings. The molecule has 0 spiro atoms. The zero-order valence-corrected chi connectivity index (χ0v) is 32.5. The maximum absolute atomic E-state index is 2.46. The van der Waals surface area contributed by atoms with Gasteiger partial charge in [0.15, 0.2) is 0 Å². The monoisotopic (exact) mass is 755 g/mol. The van der Waals surface area contributed by atoms with Crippen LogP contribution in [-0.4, -0.2) is 0 Å². The lowest BCUT2D eigenvalue weighted by Crippen LogP contribution is -2.12. The molecule has 0 saturated carbocycles. The van der Waals surface area contributed by atoms with Gasteiger partial charge in [-0.1, -0.05) is 194 Å². The minimum absolute atomic E-state index is 1.10. The van der Waals surface area contributed by atoms with Crippen LogP contribution in [0.4, 0.5) is 17.1 Å². The summed E-state index contributed by atoms with van der Waals surface area (Å²) in [4.78, 5) is 2.46. The Morgan fingerprint density at radius 3 is 1.40 bits per heavy atom. The molecule has 0 radical (unpaired) electrons. The molecule has 0 amide bonds. The van der Waals surface area contributed by atoms with Crippen molar-refractivity contribution in [3.05, 3.63) is 224 Å². The maximum atomic E-state index is 2.46. The summed E-state index contributed by atoms with van der Waals surface area (Å²) in [6.45, 7) is 0. The summed E-state index contributed by atoms with van der Waals surface area (Å²) in [6.07, 6.45) is 0. The summed E-state index contributed by atoms with van der Waals surface area (Å²) >= 11 is 1.88. The lowest BCUT2D eigenvalue weighted by molar-refractivity contribution is 1.29. The molecular weight excluding hydrogens is 719 g/mol. The van der Waals surface area contributed by atoms with Crippen molar-refractivity contribution < 1.29 is 0 Å². The standard InChI is InChI=1S/C56H37NS/c1-3-18-44-40(14-1)16-11-23-45(44)42-32-30-38(31-33-42)39-34-36-43(37-35-39)57(53-27-8-5-20-48(53)47-24-12-17-41-15-2-4-19-46(41)47)54-28-9-6-21-49(54)51-25-13-26-52-50-22-7-10-29-55(50)58-56(51)52/h1-37H. The summed E-state index contributed by atoms with van der Waals surface area (Å²) < 4.78 is 2.61. The van der Waals surface area contributed by atoms with Gasteiger partial charge in [-0.3, -0.25) is 0 Å². The Morgan fingerprint density at radius 2 is 0.707 bits per heavy atom. The van der Waals surface area contributed by atoms with E-state index in [1.165, 1.54) is 86.2 Å². The molecular formula is C56H37NS. The van der Waals surface area contributed by atoms with Crippen LogP contribution in [0.2, 0.25) is 0 Å². The molecule has 11 rings (SSSR count). The topological polar surface area (TPSA) is 3.24 Å². The first-order valence-electron chi connectivity index (χ1n) is 19.8. The van der Waals surface area contributed by atoms with Gasteiger partial charge in [0.1, 0.15) is 0 Å². The number of nitrogens with zero attached hydrogens (tertiary/aromatic N) is 1. The lowest BCUT2D eigenvalue weighted by atomic mass is 9.94. The van der Waals surface area contributed by atoms with Crippen molar-refractivity contribution in [3.8, 4) is 44.5 Å². The summed E-state index contributed by atoms with van der Waals surface area (Å²) in [5, 5.41) is 7.60. The Kier molecular flexibility index (Phi) is 8.42. The van der Waals surface area contributed by atoms with Crippen molar-refractivity contribution in [1.82, 2.24) is 0 Å². The van der Waals surface area contributed by atoms with Crippen LogP contribution in [0.15, 0.2) is 224 Å². The van der Waals surface area contributed by atoms with E-state index >= 15 is 0 Å². The molecule has 0 atom stereocenters. The van der Waals surface area contributed by atoms with E-state index in [-0.39, 0.29) is 0 Å². The molecule has 1 nitrogen and oxygen atoms in total. The second kappa shape index (κ2) is 14.4. The fourth-order valence-corrected chi connectivity index (χ4v) is 9.97. The number of para-hydroxylation sites is 2. The smallest absolute Gasteiger partial charge is 0.0540 e. The quantitative estimate of drug-likeness (QED) is 0.157. The zero-order valence-electron chi connectivity index (χ0n) is 31.7. The molecule has 1 heterocycles. The van der Waals surface area contributed by atoms with Crippen molar-refractivity contribution in [2.75, 3.05) is 4.90 Å². The fraction of sp³-hybridized carbons (Fsp3) is 0. The number of rotatable bonds is 7. The van der Waals surface area contributed by atoms with Gasteiger partial charge in [-0.25, -0.2) is 0 Å². The van der Waals surface area contributed by atoms with Crippen LogP contribution < -0.4 is 4.90 Å². The average molecular weight is 756 g/mol. The molecule has 0 aliphatic carbocycles. The highest BCUT2D eigenvalue weighted by molar-refractivity contribution is 7.26. The first-order chi connectivity index (χ1) is 28.8. The maximum Gasteiger partial charge on any atom is 0.0540 e. The molecule has 0 aliphatic rings. The van der Waals surface area contributed by atoms with Crippen LogP contribution in [0.3, 0.4) is 0 Å². The largest absolute Gasteiger partial charge is 0.309 e. The van der Waals surface area contributed by atoms with E-state index in [0.29, 0.717) is 0 Å². The number of fused-ring (bicyclic) bond motifs is 5. The van der Waals surface area contributed by atoms with Crippen molar-refractivity contribution in [3.63, 3.8) is 0 Å². The zero-order chi connectivity index (χ0) is 38.4. The highest BCUT2D eigenvalue weighted by atomic mass is 32.1. The molecule has 0 aliphatic heterocycles. The van der Waals surface area contributed by atoms with Crippen LogP contribution in [0.25, 0.3) is 86.2 Å². The first kappa shape index (κ1) is 34.0. The van der Waals surface area contributed by atoms with Gasteiger partial charge in [0.25, 0.3) is 0 Å². The minimum Gasteiger partial charge on any atom is -0.309 e. The highest BCUT2D eigenvalue weighted by Crippen LogP contribution is 2.48. The normalized spacial score (nSPS) is 11.4. The molecule has 2 heteroatoms. The van der Waals surface area contributed by atoms with Gasteiger partial charge in [-0.05, 0) is 79.7 Å². The molecule has 272 valence electrons. The SMILES string of the molecule is c1ccc(N(c2ccc(-c3ccc(-c4cccc5ccccc45)cc3)cc2)c2ccccc2-c2cccc3c2sc2ccccc23)c(-c2cccc3ccccc23)c1. The Balaban J connectivity index is 1.07. The second-order valence-electron chi connectivity index (χ2n) is 14.8. The average Bonchev–Trinajstić information content (AvgIpc) is 3.69. The molecule has 0 N–H and O–H groups in total. The third kappa shape index (κ3) is 5.86. The Morgan fingerprint density at radius 1 is 0.276 bits per heavy atom. The van der Waals surface area contributed by atoms with Gasteiger partial charge in [0, 0.05) is 42.6 Å². The van der Waals surface area contributed by atoms with Gasteiger partial charge < -0.3 is 4.90 Å².